The molecule has 0 fully saturated rings. The van der Waals surface area contributed by atoms with Gasteiger partial charge in [0.2, 0.25) is 5.96 Å². The summed E-state index contributed by atoms with van der Waals surface area (Å²) in [5.74, 6) is 0.152. The molecule has 0 bridgehead atoms. The third-order valence-electron chi connectivity index (χ3n) is 5.17. The SMILES string of the molecule is CCn1nc(C)c(CN=C(NC(=O)c2cccc(N(C)C)c2)Nc2cccc(Br)c2)c1C. The van der Waals surface area contributed by atoms with Crippen LogP contribution in [0.25, 0.3) is 0 Å². The summed E-state index contributed by atoms with van der Waals surface area (Å²) in [6, 6.07) is 15.2. The third-order valence-corrected chi connectivity index (χ3v) is 5.66. The average Bonchev–Trinajstić information content (AvgIpc) is 3.04. The first-order valence-corrected chi connectivity index (χ1v) is 11.3. The Morgan fingerprint density at radius 1 is 1.16 bits per heavy atom. The van der Waals surface area contributed by atoms with Crippen molar-refractivity contribution in [3.63, 3.8) is 0 Å². The number of hydrogen-bond acceptors (Lipinski definition) is 4. The van der Waals surface area contributed by atoms with Gasteiger partial charge in [0.05, 0.1) is 12.2 Å². The monoisotopic (exact) mass is 496 g/mol. The summed E-state index contributed by atoms with van der Waals surface area (Å²) >= 11 is 3.48. The number of anilines is 2. The van der Waals surface area contributed by atoms with Gasteiger partial charge in [0.1, 0.15) is 0 Å². The first-order valence-electron chi connectivity index (χ1n) is 10.5. The van der Waals surface area contributed by atoms with E-state index in [4.69, 9.17) is 4.99 Å². The molecule has 0 saturated heterocycles. The molecule has 0 atom stereocenters. The van der Waals surface area contributed by atoms with Gasteiger partial charge in [-0.3, -0.25) is 14.8 Å². The molecule has 32 heavy (non-hydrogen) atoms. The number of aryl methyl sites for hydroxylation is 2. The molecular formula is C24H29BrN6O. The zero-order valence-electron chi connectivity index (χ0n) is 19.1. The lowest BCUT2D eigenvalue weighted by Gasteiger charge is -2.15. The molecule has 8 heteroatoms. The Morgan fingerprint density at radius 3 is 2.56 bits per heavy atom. The summed E-state index contributed by atoms with van der Waals surface area (Å²) in [4.78, 5) is 19.7. The Morgan fingerprint density at radius 2 is 1.91 bits per heavy atom. The van der Waals surface area contributed by atoms with Crippen LogP contribution in [0.3, 0.4) is 0 Å². The summed E-state index contributed by atoms with van der Waals surface area (Å²) in [5, 5.41) is 10.7. The van der Waals surface area contributed by atoms with Crippen LogP contribution in [0.5, 0.6) is 0 Å². The van der Waals surface area contributed by atoms with Gasteiger partial charge in [-0.05, 0) is 57.2 Å². The molecule has 1 aromatic heterocycles. The van der Waals surface area contributed by atoms with Gasteiger partial charge in [0, 0.05) is 53.3 Å². The summed E-state index contributed by atoms with van der Waals surface area (Å²) in [6.45, 7) is 7.30. The van der Waals surface area contributed by atoms with E-state index in [2.05, 4.69) is 38.6 Å². The van der Waals surface area contributed by atoms with Crippen LogP contribution in [0.1, 0.15) is 34.2 Å². The highest BCUT2D eigenvalue weighted by Crippen LogP contribution is 2.18. The number of aliphatic imine (C=N–C) groups is 1. The number of halogens is 1. The van der Waals surface area contributed by atoms with Crippen molar-refractivity contribution in [3.05, 3.63) is 75.5 Å². The van der Waals surface area contributed by atoms with E-state index in [0.29, 0.717) is 18.1 Å². The van der Waals surface area contributed by atoms with E-state index in [9.17, 15) is 4.79 Å². The second-order valence-corrected chi connectivity index (χ2v) is 8.58. The van der Waals surface area contributed by atoms with Gasteiger partial charge >= 0.3 is 0 Å². The number of nitrogens with one attached hydrogen (secondary N) is 2. The molecule has 3 rings (SSSR count). The van der Waals surface area contributed by atoms with Crippen molar-refractivity contribution in [1.29, 1.82) is 0 Å². The van der Waals surface area contributed by atoms with E-state index in [1.807, 2.05) is 80.0 Å². The molecule has 1 amide bonds. The van der Waals surface area contributed by atoms with Crippen LogP contribution in [-0.4, -0.2) is 35.7 Å². The molecule has 0 radical (unpaired) electrons. The largest absolute Gasteiger partial charge is 0.378 e. The number of guanidine groups is 1. The standard InChI is InChI=1S/C24H29BrN6O/c1-6-31-17(3)22(16(2)29-31)15-26-24(27-20-11-8-10-19(25)14-20)28-23(32)18-9-7-12-21(13-18)30(4)5/h7-14H,6,15H2,1-5H3,(H2,26,27,28,32). The van der Waals surface area contributed by atoms with Crippen LogP contribution in [0, 0.1) is 13.8 Å². The maximum absolute atomic E-state index is 13.0. The number of rotatable bonds is 6. The minimum Gasteiger partial charge on any atom is -0.378 e. The second kappa shape index (κ2) is 10.5. The van der Waals surface area contributed by atoms with Crippen molar-refractivity contribution in [1.82, 2.24) is 15.1 Å². The number of benzene rings is 2. The fourth-order valence-electron chi connectivity index (χ4n) is 3.35. The zero-order valence-corrected chi connectivity index (χ0v) is 20.7. The number of carbonyl (C=O) groups is 1. The van der Waals surface area contributed by atoms with Crippen molar-refractivity contribution in [2.75, 3.05) is 24.3 Å². The fraction of sp³-hybridized carbons (Fsp3) is 0.292. The molecular weight excluding hydrogens is 468 g/mol. The lowest BCUT2D eigenvalue weighted by atomic mass is 10.2. The average molecular weight is 497 g/mol. The van der Waals surface area contributed by atoms with Crippen LogP contribution < -0.4 is 15.5 Å². The van der Waals surface area contributed by atoms with Gasteiger partial charge in [-0.25, -0.2) is 4.99 Å². The van der Waals surface area contributed by atoms with Crippen molar-refractivity contribution < 1.29 is 4.79 Å². The van der Waals surface area contributed by atoms with Crippen LogP contribution >= 0.6 is 15.9 Å². The molecule has 0 aliphatic heterocycles. The minimum atomic E-state index is -0.229. The summed E-state index contributed by atoms with van der Waals surface area (Å²) in [5.41, 5.74) is 5.42. The molecule has 1 heterocycles. The normalized spacial score (nSPS) is 11.4. The van der Waals surface area contributed by atoms with Gasteiger partial charge in [-0.15, -0.1) is 0 Å². The lowest BCUT2D eigenvalue weighted by molar-refractivity contribution is 0.0977. The van der Waals surface area contributed by atoms with Crippen LogP contribution in [-0.2, 0) is 13.1 Å². The summed E-state index contributed by atoms with van der Waals surface area (Å²) in [7, 11) is 3.89. The molecule has 2 N–H and O–H groups in total. The van der Waals surface area contributed by atoms with Gasteiger partial charge in [0.25, 0.3) is 5.91 Å². The van der Waals surface area contributed by atoms with E-state index in [1.54, 1.807) is 6.07 Å². The smallest absolute Gasteiger partial charge is 0.258 e. The summed E-state index contributed by atoms with van der Waals surface area (Å²) in [6.07, 6.45) is 0. The van der Waals surface area contributed by atoms with Crippen LogP contribution in [0.15, 0.2) is 58.0 Å². The first-order chi connectivity index (χ1) is 15.3. The maximum Gasteiger partial charge on any atom is 0.258 e. The van der Waals surface area contributed by atoms with Crippen LogP contribution in [0.4, 0.5) is 11.4 Å². The van der Waals surface area contributed by atoms with Gasteiger partial charge in [-0.2, -0.15) is 5.10 Å². The molecule has 0 saturated carbocycles. The Kier molecular flexibility index (Phi) is 7.69. The molecule has 0 aliphatic carbocycles. The highest BCUT2D eigenvalue weighted by atomic mass is 79.9. The van der Waals surface area contributed by atoms with Crippen molar-refractivity contribution in [2.45, 2.75) is 33.9 Å². The Balaban J connectivity index is 1.88. The molecule has 0 aliphatic rings. The van der Waals surface area contributed by atoms with E-state index in [1.165, 1.54) is 0 Å². The number of carbonyl (C=O) groups excluding carboxylic acids is 1. The molecule has 0 spiro atoms. The predicted octanol–water partition coefficient (Wildman–Crippen LogP) is 4.75. The van der Waals surface area contributed by atoms with Gasteiger partial charge in [-0.1, -0.05) is 28.1 Å². The lowest BCUT2D eigenvalue weighted by Crippen LogP contribution is -2.36. The topological polar surface area (TPSA) is 74.5 Å². The molecule has 0 unspecified atom stereocenters. The van der Waals surface area contributed by atoms with E-state index < -0.39 is 0 Å². The number of aromatic nitrogens is 2. The van der Waals surface area contributed by atoms with E-state index in [0.717, 1.165) is 39.3 Å². The Labute approximate surface area is 197 Å². The summed E-state index contributed by atoms with van der Waals surface area (Å²) < 4.78 is 2.90. The highest BCUT2D eigenvalue weighted by molar-refractivity contribution is 9.10. The number of nitrogens with zero attached hydrogens (tertiary/aromatic N) is 4. The van der Waals surface area contributed by atoms with Crippen molar-refractivity contribution >= 4 is 39.2 Å². The van der Waals surface area contributed by atoms with Crippen molar-refractivity contribution in [2.24, 2.45) is 4.99 Å². The van der Waals surface area contributed by atoms with E-state index in [-0.39, 0.29) is 5.91 Å². The molecule has 7 nitrogen and oxygen atoms in total. The number of hydrogen-bond donors (Lipinski definition) is 2. The zero-order chi connectivity index (χ0) is 23.3. The number of amides is 1. The van der Waals surface area contributed by atoms with Crippen LogP contribution in [0.2, 0.25) is 0 Å². The minimum absolute atomic E-state index is 0.229. The van der Waals surface area contributed by atoms with E-state index >= 15 is 0 Å². The third kappa shape index (κ3) is 5.76. The quantitative estimate of drug-likeness (QED) is 0.381. The van der Waals surface area contributed by atoms with Gasteiger partial charge in [0.15, 0.2) is 0 Å². The predicted molar refractivity (Wildman–Crippen MR) is 135 cm³/mol. The maximum atomic E-state index is 13.0. The molecule has 168 valence electrons. The fourth-order valence-corrected chi connectivity index (χ4v) is 3.75. The second-order valence-electron chi connectivity index (χ2n) is 7.66. The molecule has 3 aromatic rings. The first kappa shape index (κ1) is 23.5. The molecule has 2 aromatic carbocycles. The Hall–Kier alpha value is -3.13. The highest BCUT2D eigenvalue weighted by Gasteiger charge is 2.13. The van der Waals surface area contributed by atoms with Crippen molar-refractivity contribution in [3.8, 4) is 0 Å². The van der Waals surface area contributed by atoms with Gasteiger partial charge < -0.3 is 10.2 Å². The Bertz CT molecular complexity index is 1140.